The van der Waals surface area contributed by atoms with Crippen LogP contribution in [-0.2, 0) is 28.4 Å². The quantitative estimate of drug-likeness (QED) is 0.222. The van der Waals surface area contributed by atoms with Crippen molar-refractivity contribution in [1.82, 2.24) is 0 Å². The van der Waals surface area contributed by atoms with E-state index < -0.39 is 74.3 Å². The Balaban J connectivity index is 0.915. The summed E-state index contributed by atoms with van der Waals surface area (Å²) in [6, 6.07) is 0. The van der Waals surface area contributed by atoms with Crippen LogP contribution in [-0.4, -0.2) is 124 Å². The van der Waals surface area contributed by atoms with Crippen molar-refractivity contribution in [3.05, 3.63) is 11.6 Å². The number of allylic oxidation sites excluding steroid dienone is 1. The molecule has 3 saturated carbocycles. The van der Waals surface area contributed by atoms with E-state index in [1.807, 2.05) is 0 Å². The van der Waals surface area contributed by atoms with Gasteiger partial charge in [-0.15, -0.1) is 0 Å². The Morgan fingerprint density at radius 3 is 2.24 bits per heavy atom. The molecule has 20 atom stereocenters. The Kier molecular flexibility index (Phi) is 9.59. The lowest BCUT2D eigenvalue weighted by molar-refractivity contribution is -0.337. The Bertz CT molecular complexity index is 1270. The Hall–Kier alpha value is -0.740. The normalized spacial score (nSPS) is 57.6. The first-order valence-corrected chi connectivity index (χ1v) is 19.4. The Morgan fingerprint density at radius 1 is 0.820 bits per heavy atom. The highest BCUT2D eigenvalue weighted by atomic mass is 16.7. The number of aliphatic hydroxyl groups excluding tert-OH is 6. The molecular weight excluding hydrogens is 648 g/mol. The van der Waals surface area contributed by atoms with Crippen molar-refractivity contribution < 1.29 is 59.1 Å². The fourth-order valence-electron chi connectivity index (χ4n) is 12.4. The van der Waals surface area contributed by atoms with Crippen LogP contribution in [0.5, 0.6) is 0 Å². The van der Waals surface area contributed by atoms with Gasteiger partial charge in [-0.05, 0) is 91.8 Å². The van der Waals surface area contributed by atoms with Crippen LogP contribution in [0.4, 0.5) is 0 Å². The maximum absolute atomic E-state index is 11.1. The summed E-state index contributed by atoms with van der Waals surface area (Å²) < 4.78 is 36.9. The lowest BCUT2D eigenvalue weighted by atomic mass is 9.47. The van der Waals surface area contributed by atoms with Gasteiger partial charge in [-0.1, -0.05) is 39.3 Å². The monoisotopic (exact) mass is 708 g/mol. The molecule has 0 amide bonds. The predicted octanol–water partition coefficient (Wildman–Crippen LogP) is 2.00. The fourth-order valence-corrected chi connectivity index (χ4v) is 12.4. The summed E-state index contributed by atoms with van der Waals surface area (Å²) >= 11 is 0. The van der Waals surface area contributed by atoms with Gasteiger partial charge < -0.3 is 59.1 Å². The molecular formula is C38H60O12. The number of hydrogen-bond acceptors (Lipinski definition) is 12. The second kappa shape index (κ2) is 13.2. The predicted molar refractivity (Wildman–Crippen MR) is 177 cm³/mol. The minimum Gasteiger partial charge on any atom is -0.394 e. The van der Waals surface area contributed by atoms with Gasteiger partial charge in [0.2, 0.25) is 0 Å². The largest absolute Gasteiger partial charge is 0.394 e. The van der Waals surface area contributed by atoms with Gasteiger partial charge in [0.05, 0.1) is 32.0 Å². The molecule has 8 rings (SSSR count). The van der Waals surface area contributed by atoms with E-state index >= 15 is 0 Å². The van der Waals surface area contributed by atoms with Gasteiger partial charge in [0.25, 0.3) is 0 Å². The van der Waals surface area contributed by atoms with E-state index in [-0.39, 0.29) is 23.0 Å². The molecule has 284 valence electrons. The number of fused-ring (bicyclic) bond motifs is 7. The molecule has 0 radical (unpaired) electrons. The van der Waals surface area contributed by atoms with Crippen molar-refractivity contribution in [3.63, 3.8) is 0 Å². The highest BCUT2D eigenvalue weighted by molar-refractivity contribution is 5.26. The van der Waals surface area contributed by atoms with Crippen molar-refractivity contribution >= 4 is 0 Å². The number of hydrogen-bond donors (Lipinski definition) is 6. The summed E-state index contributed by atoms with van der Waals surface area (Å²) in [7, 11) is 0. The summed E-state index contributed by atoms with van der Waals surface area (Å²) in [5.41, 5.74) is 1.75. The van der Waals surface area contributed by atoms with Crippen LogP contribution >= 0.6 is 0 Å². The molecule has 4 saturated heterocycles. The van der Waals surface area contributed by atoms with Crippen molar-refractivity contribution in [3.8, 4) is 0 Å². The summed E-state index contributed by atoms with van der Waals surface area (Å²) in [4.78, 5) is 0. The fraction of sp³-hybridized carbons (Fsp3) is 0.947. The van der Waals surface area contributed by atoms with E-state index in [9.17, 15) is 30.6 Å². The van der Waals surface area contributed by atoms with Crippen molar-refractivity contribution in [1.29, 1.82) is 0 Å². The van der Waals surface area contributed by atoms with Crippen molar-refractivity contribution in [2.45, 2.75) is 159 Å². The average Bonchev–Trinajstić information content (AvgIpc) is 3.66. The van der Waals surface area contributed by atoms with Gasteiger partial charge in [-0.3, -0.25) is 0 Å². The lowest BCUT2D eigenvalue weighted by Crippen LogP contribution is -2.62. The third-order valence-electron chi connectivity index (χ3n) is 15.3. The molecule has 4 heterocycles. The molecule has 0 aromatic rings. The Morgan fingerprint density at radius 2 is 1.54 bits per heavy atom. The number of aliphatic hydroxyl groups is 6. The van der Waals surface area contributed by atoms with E-state index in [0.29, 0.717) is 35.5 Å². The van der Waals surface area contributed by atoms with E-state index in [1.165, 1.54) is 24.8 Å². The summed E-state index contributed by atoms with van der Waals surface area (Å²) in [6.07, 6.45) is -0.0498. The molecule has 6 N–H and O–H groups in total. The Labute approximate surface area is 295 Å². The average molecular weight is 709 g/mol. The van der Waals surface area contributed by atoms with Gasteiger partial charge in [0.1, 0.15) is 42.7 Å². The lowest BCUT2D eigenvalue weighted by Gasteiger charge is -2.58. The molecule has 50 heavy (non-hydrogen) atoms. The highest BCUT2D eigenvalue weighted by Gasteiger charge is 2.68. The first-order chi connectivity index (χ1) is 23.8. The smallest absolute Gasteiger partial charge is 0.187 e. The highest BCUT2D eigenvalue weighted by Crippen LogP contribution is 2.70. The van der Waals surface area contributed by atoms with Crippen LogP contribution < -0.4 is 0 Å². The summed E-state index contributed by atoms with van der Waals surface area (Å²) in [5, 5.41) is 62.1. The van der Waals surface area contributed by atoms with Crippen molar-refractivity contribution in [2.75, 3.05) is 19.8 Å². The zero-order valence-corrected chi connectivity index (χ0v) is 30.0. The van der Waals surface area contributed by atoms with Crippen LogP contribution in [0, 0.1) is 46.3 Å². The van der Waals surface area contributed by atoms with E-state index in [1.54, 1.807) is 0 Å². The minimum absolute atomic E-state index is 0.0787. The van der Waals surface area contributed by atoms with Gasteiger partial charge >= 0.3 is 0 Å². The molecule has 0 aromatic carbocycles. The van der Waals surface area contributed by atoms with Gasteiger partial charge in [0, 0.05) is 12.3 Å². The van der Waals surface area contributed by atoms with Gasteiger partial charge in [0.15, 0.2) is 18.4 Å². The van der Waals surface area contributed by atoms with Crippen LogP contribution in [0.15, 0.2) is 11.6 Å². The molecule has 4 aliphatic heterocycles. The van der Waals surface area contributed by atoms with Gasteiger partial charge in [-0.25, -0.2) is 0 Å². The van der Waals surface area contributed by atoms with Crippen molar-refractivity contribution in [2.24, 2.45) is 46.3 Å². The van der Waals surface area contributed by atoms with Gasteiger partial charge in [-0.2, -0.15) is 0 Å². The molecule has 20 unspecified atom stereocenters. The summed E-state index contributed by atoms with van der Waals surface area (Å²) in [5.74, 6) is 3.01. The zero-order valence-electron chi connectivity index (χ0n) is 30.0. The number of ether oxygens (including phenoxy) is 6. The van der Waals surface area contributed by atoms with E-state index in [2.05, 4.69) is 33.8 Å². The molecule has 0 bridgehead atoms. The van der Waals surface area contributed by atoms with Crippen LogP contribution in [0.3, 0.4) is 0 Å². The molecule has 12 nitrogen and oxygen atoms in total. The molecule has 12 heteroatoms. The minimum atomic E-state index is -1.52. The molecule has 0 aromatic heterocycles. The SMILES string of the molecule is CC1CCC2(OC1)OC1CC3C4CC=C5CC(OC6OC(CO)C(OC7OC(CO)C(O)C7O)C(O)C6O)CCC5(C)C4CCC3(C)C1C2C. The maximum Gasteiger partial charge on any atom is 0.187 e. The van der Waals surface area contributed by atoms with Crippen LogP contribution in [0.25, 0.3) is 0 Å². The first kappa shape index (κ1) is 36.2. The first-order valence-electron chi connectivity index (χ1n) is 19.4. The van der Waals surface area contributed by atoms with Crippen LogP contribution in [0.2, 0.25) is 0 Å². The molecule has 4 aliphatic carbocycles. The molecule has 8 aliphatic rings. The molecule has 1 spiro atoms. The standard InChI is InChI=1S/C38H60O12/c1-18-7-12-38(45-17-18)19(2)28-25(50-38)14-24-22-6-5-20-13-21(8-10-36(20,3)23(22)9-11-37(24,28)4)46-34-32(44)30(42)33(27(16-40)48-34)49-35-31(43)29(41)26(15-39)47-35/h5,18-19,21-35,39-44H,6-17H2,1-4H3. The topological polar surface area (TPSA) is 177 Å². The summed E-state index contributed by atoms with van der Waals surface area (Å²) in [6.45, 7) is 9.41. The van der Waals surface area contributed by atoms with Crippen LogP contribution in [0.1, 0.15) is 85.5 Å². The van der Waals surface area contributed by atoms with E-state index in [0.717, 1.165) is 45.1 Å². The second-order valence-corrected chi connectivity index (χ2v) is 17.8. The maximum atomic E-state index is 11.1. The third kappa shape index (κ3) is 5.53. The zero-order chi connectivity index (χ0) is 35.3. The third-order valence-corrected chi connectivity index (χ3v) is 15.3. The number of rotatable bonds is 6. The molecule has 7 fully saturated rings. The second-order valence-electron chi connectivity index (χ2n) is 17.8. The van der Waals surface area contributed by atoms with E-state index in [4.69, 9.17) is 28.4 Å².